The van der Waals surface area contributed by atoms with Gasteiger partial charge in [-0.05, 0) is 29.7 Å². The van der Waals surface area contributed by atoms with E-state index in [4.69, 9.17) is 0 Å². The second-order valence-electron chi connectivity index (χ2n) is 5.28. The molecule has 1 heterocycles. The van der Waals surface area contributed by atoms with Crippen LogP contribution in [0.15, 0.2) is 22.7 Å². The van der Waals surface area contributed by atoms with E-state index in [1.165, 1.54) is 6.07 Å². The number of hydrogen-bond acceptors (Lipinski definition) is 2. The van der Waals surface area contributed by atoms with Crippen LogP contribution in [0, 0.1) is 11.7 Å². The van der Waals surface area contributed by atoms with Crippen molar-refractivity contribution < 1.29 is 4.39 Å². The highest BCUT2D eigenvalue weighted by atomic mass is 79.9. The molecule has 0 amide bonds. The molecular weight excluding hydrogens is 378 g/mol. The third kappa shape index (κ3) is 5.36. The second kappa shape index (κ2) is 10.0. The Bertz CT molecular complexity index is 428. The summed E-state index contributed by atoms with van der Waals surface area (Å²) in [5.41, 5.74) is 1.08. The predicted molar refractivity (Wildman–Crippen MR) is 95.2 cm³/mol. The number of halogens is 4. The van der Waals surface area contributed by atoms with Gasteiger partial charge in [0.25, 0.3) is 0 Å². The molecule has 2 nitrogen and oxygen atoms in total. The quantitative estimate of drug-likeness (QED) is 0.802. The molecule has 1 unspecified atom stereocenters. The van der Waals surface area contributed by atoms with E-state index in [0.717, 1.165) is 42.6 Å². The van der Waals surface area contributed by atoms with Gasteiger partial charge in [0.05, 0.1) is 0 Å². The van der Waals surface area contributed by atoms with Crippen molar-refractivity contribution in [1.29, 1.82) is 0 Å². The molecule has 6 heteroatoms. The molecule has 0 bridgehead atoms. The van der Waals surface area contributed by atoms with Gasteiger partial charge in [0, 0.05) is 36.7 Å². The average Bonchev–Trinajstić information content (AvgIpc) is 2.44. The summed E-state index contributed by atoms with van der Waals surface area (Å²) in [7, 11) is 0. The van der Waals surface area contributed by atoms with Crippen LogP contribution in [0.3, 0.4) is 0 Å². The number of nitrogens with zero attached hydrogens (tertiary/aromatic N) is 1. The molecule has 0 aliphatic carbocycles. The summed E-state index contributed by atoms with van der Waals surface area (Å²) >= 11 is 3.59. The van der Waals surface area contributed by atoms with E-state index in [0.29, 0.717) is 5.92 Å². The zero-order chi connectivity index (χ0) is 13.8. The molecule has 1 N–H and O–H groups in total. The summed E-state index contributed by atoms with van der Waals surface area (Å²) in [5, 5.41) is 3.38. The van der Waals surface area contributed by atoms with Gasteiger partial charge in [-0.2, -0.15) is 0 Å². The summed E-state index contributed by atoms with van der Waals surface area (Å²) < 4.78 is 14.6. The minimum atomic E-state index is -0.151. The van der Waals surface area contributed by atoms with Gasteiger partial charge >= 0.3 is 0 Å². The van der Waals surface area contributed by atoms with Gasteiger partial charge in [0.2, 0.25) is 0 Å². The maximum Gasteiger partial charge on any atom is 0.123 e. The van der Waals surface area contributed by atoms with Gasteiger partial charge in [-0.25, -0.2) is 4.39 Å². The number of benzene rings is 1. The highest BCUT2D eigenvalue weighted by Crippen LogP contribution is 2.35. The number of nitrogens with one attached hydrogen (secondary N) is 1. The van der Waals surface area contributed by atoms with Crippen LogP contribution in [0.5, 0.6) is 0 Å². The highest BCUT2D eigenvalue weighted by molar-refractivity contribution is 9.10. The molecule has 1 fully saturated rings. The molecule has 1 saturated heterocycles. The maximum atomic E-state index is 13.6. The summed E-state index contributed by atoms with van der Waals surface area (Å²) in [6.07, 6.45) is 1.09. The standard InChI is InChI=1S/C15H22BrFN2.2ClH/c1-3-11(2)15(19-8-6-18-7-9-19)13-10-12(17)4-5-14(13)16;;/h4-5,10-11,15,18H,3,6-9H2,1-2H3;2*1H/t11?,15-;;/m0../s1. The van der Waals surface area contributed by atoms with Crippen LogP contribution in [0.25, 0.3) is 0 Å². The number of rotatable bonds is 4. The van der Waals surface area contributed by atoms with E-state index in [1.54, 1.807) is 6.07 Å². The SMILES string of the molecule is CCC(C)[C@@H](c1cc(F)ccc1Br)N1CCNCC1.Cl.Cl. The van der Waals surface area contributed by atoms with Crippen molar-refractivity contribution >= 4 is 40.7 Å². The fourth-order valence-corrected chi connectivity index (χ4v) is 3.27. The van der Waals surface area contributed by atoms with Crippen LogP contribution < -0.4 is 5.32 Å². The minimum absolute atomic E-state index is 0. The van der Waals surface area contributed by atoms with Crippen LogP contribution in [0.2, 0.25) is 0 Å². The molecule has 1 aromatic rings. The molecular formula is C15H24BrCl2FN2. The lowest BCUT2D eigenvalue weighted by atomic mass is 9.90. The first kappa shape index (κ1) is 21.1. The zero-order valence-electron chi connectivity index (χ0n) is 12.4. The third-order valence-electron chi connectivity index (χ3n) is 4.00. The molecule has 0 saturated carbocycles. The van der Waals surface area contributed by atoms with Gasteiger partial charge in [-0.1, -0.05) is 36.2 Å². The van der Waals surface area contributed by atoms with E-state index in [2.05, 4.69) is 40.0 Å². The summed E-state index contributed by atoms with van der Waals surface area (Å²) in [5.74, 6) is 0.359. The van der Waals surface area contributed by atoms with Crippen molar-refractivity contribution in [2.75, 3.05) is 26.2 Å². The molecule has 2 rings (SSSR count). The first-order valence-electron chi connectivity index (χ1n) is 7.03. The van der Waals surface area contributed by atoms with Crippen LogP contribution in [-0.2, 0) is 0 Å². The Kier molecular flexibility index (Phi) is 10.1. The van der Waals surface area contributed by atoms with Crippen LogP contribution in [0.1, 0.15) is 31.9 Å². The lowest BCUT2D eigenvalue weighted by Crippen LogP contribution is -2.46. The van der Waals surface area contributed by atoms with Crippen molar-refractivity contribution in [2.45, 2.75) is 26.3 Å². The largest absolute Gasteiger partial charge is 0.314 e. The van der Waals surface area contributed by atoms with Crippen LogP contribution in [0.4, 0.5) is 4.39 Å². The average molecular weight is 402 g/mol. The highest BCUT2D eigenvalue weighted by Gasteiger charge is 2.28. The summed E-state index contributed by atoms with van der Waals surface area (Å²) in [6.45, 7) is 8.53. The Morgan fingerprint density at radius 2 is 1.90 bits per heavy atom. The van der Waals surface area contributed by atoms with Gasteiger partial charge in [0.15, 0.2) is 0 Å². The fraction of sp³-hybridized carbons (Fsp3) is 0.600. The molecule has 1 aromatic carbocycles. The van der Waals surface area contributed by atoms with Gasteiger partial charge < -0.3 is 5.32 Å². The lowest BCUT2D eigenvalue weighted by molar-refractivity contribution is 0.128. The zero-order valence-corrected chi connectivity index (χ0v) is 15.7. The first-order chi connectivity index (χ1) is 9.13. The molecule has 1 aliphatic rings. The number of hydrogen-bond donors (Lipinski definition) is 1. The van der Waals surface area contributed by atoms with Gasteiger partial charge in [-0.15, -0.1) is 24.8 Å². The Labute approximate surface area is 147 Å². The van der Waals surface area contributed by atoms with Gasteiger partial charge in [-0.3, -0.25) is 4.90 Å². The van der Waals surface area contributed by atoms with Crippen molar-refractivity contribution in [1.82, 2.24) is 10.2 Å². The van der Waals surface area contributed by atoms with Crippen molar-refractivity contribution in [2.24, 2.45) is 5.92 Å². The summed E-state index contributed by atoms with van der Waals surface area (Å²) in [4.78, 5) is 2.48. The van der Waals surface area contributed by atoms with E-state index in [-0.39, 0.29) is 36.7 Å². The molecule has 0 spiro atoms. The smallest absolute Gasteiger partial charge is 0.123 e. The molecule has 0 aromatic heterocycles. The third-order valence-corrected chi connectivity index (χ3v) is 4.73. The fourth-order valence-electron chi connectivity index (χ4n) is 2.79. The molecule has 21 heavy (non-hydrogen) atoms. The number of piperazine rings is 1. The Morgan fingerprint density at radius 1 is 1.29 bits per heavy atom. The first-order valence-corrected chi connectivity index (χ1v) is 7.82. The Balaban J connectivity index is 0.00000200. The minimum Gasteiger partial charge on any atom is -0.314 e. The van der Waals surface area contributed by atoms with E-state index >= 15 is 0 Å². The van der Waals surface area contributed by atoms with Crippen LogP contribution >= 0.6 is 40.7 Å². The maximum absolute atomic E-state index is 13.6. The lowest BCUT2D eigenvalue weighted by Gasteiger charge is -2.39. The topological polar surface area (TPSA) is 15.3 Å². The predicted octanol–water partition coefficient (Wildman–Crippen LogP) is 4.42. The Morgan fingerprint density at radius 3 is 2.48 bits per heavy atom. The van der Waals surface area contributed by atoms with E-state index in [1.807, 2.05) is 6.07 Å². The monoisotopic (exact) mass is 400 g/mol. The van der Waals surface area contributed by atoms with Gasteiger partial charge in [0.1, 0.15) is 5.82 Å². The van der Waals surface area contributed by atoms with E-state index in [9.17, 15) is 4.39 Å². The van der Waals surface area contributed by atoms with Crippen molar-refractivity contribution in [3.63, 3.8) is 0 Å². The molecule has 1 aliphatic heterocycles. The van der Waals surface area contributed by atoms with Crippen molar-refractivity contribution in [3.05, 3.63) is 34.1 Å². The van der Waals surface area contributed by atoms with Crippen LogP contribution in [-0.4, -0.2) is 31.1 Å². The van der Waals surface area contributed by atoms with Crippen molar-refractivity contribution in [3.8, 4) is 0 Å². The molecule has 122 valence electrons. The van der Waals surface area contributed by atoms with E-state index < -0.39 is 0 Å². The summed E-state index contributed by atoms with van der Waals surface area (Å²) in [6, 6.07) is 5.31. The molecule has 0 radical (unpaired) electrons. The Hall–Kier alpha value is 0.130. The normalized spacial score (nSPS) is 18.3. The molecule has 2 atom stereocenters. The second-order valence-corrected chi connectivity index (χ2v) is 6.14.